The van der Waals surface area contributed by atoms with Gasteiger partial charge in [-0.25, -0.2) is 14.6 Å². The number of aromatic nitrogens is 5. The molecule has 1 aromatic carbocycles. The van der Waals surface area contributed by atoms with Gasteiger partial charge in [0.1, 0.15) is 12.1 Å². The summed E-state index contributed by atoms with van der Waals surface area (Å²) in [5.41, 5.74) is 2.28. The fraction of sp³-hybridized carbons (Fsp3) is 0.0588. The third-order valence-corrected chi connectivity index (χ3v) is 4.52. The van der Waals surface area contributed by atoms with E-state index in [2.05, 4.69) is 25.4 Å². The number of carbonyl (C=O) groups excluding carboxylic acids is 1. The normalized spacial score (nSPS) is 11.0. The monoisotopic (exact) mass is 386 g/mol. The second kappa shape index (κ2) is 6.44. The minimum absolute atomic E-state index is 0.196. The molecule has 1 amide bonds. The fourth-order valence-corrected chi connectivity index (χ4v) is 3.26. The molecular formula is C17H12Cl2N6O. The van der Waals surface area contributed by atoms with Crippen LogP contribution in [0.1, 0.15) is 10.6 Å². The van der Waals surface area contributed by atoms with Crippen LogP contribution in [0.25, 0.3) is 22.2 Å². The molecule has 0 aliphatic rings. The Morgan fingerprint density at radius 1 is 1.19 bits per heavy atom. The van der Waals surface area contributed by atoms with Crippen LogP contribution in [0.15, 0.2) is 42.9 Å². The molecule has 4 aromatic rings. The number of nitrogens with zero attached hydrogens (tertiary/aromatic N) is 4. The summed E-state index contributed by atoms with van der Waals surface area (Å²) in [6, 6.07) is 8.98. The molecular weight excluding hydrogens is 375 g/mol. The van der Waals surface area contributed by atoms with Crippen molar-refractivity contribution in [2.24, 2.45) is 7.05 Å². The van der Waals surface area contributed by atoms with Crippen molar-refractivity contribution in [2.45, 2.75) is 0 Å². The molecule has 2 N–H and O–H groups in total. The maximum atomic E-state index is 12.2. The second-order valence-corrected chi connectivity index (χ2v) is 6.41. The highest BCUT2D eigenvalue weighted by Crippen LogP contribution is 2.35. The molecule has 0 aliphatic heterocycles. The summed E-state index contributed by atoms with van der Waals surface area (Å²) in [5, 5.41) is 8.55. The zero-order chi connectivity index (χ0) is 18.3. The van der Waals surface area contributed by atoms with Gasteiger partial charge in [0.2, 0.25) is 5.82 Å². The molecule has 0 atom stereocenters. The van der Waals surface area contributed by atoms with Crippen LogP contribution in [-0.2, 0) is 7.05 Å². The molecule has 0 fully saturated rings. The number of hydrogen-bond acceptors (Lipinski definition) is 4. The number of H-pyrrole nitrogens is 1. The maximum Gasteiger partial charge on any atom is 0.294 e. The lowest BCUT2D eigenvalue weighted by Crippen LogP contribution is -2.18. The highest BCUT2D eigenvalue weighted by Gasteiger charge is 2.15. The van der Waals surface area contributed by atoms with E-state index in [1.807, 2.05) is 6.07 Å². The largest absolute Gasteiger partial charge is 0.354 e. The van der Waals surface area contributed by atoms with Gasteiger partial charge in [0.15, 0.2) is 0 Å². The number of fused-ring (bicyclic) bond motifs is 1. The minimum atomic E-state index is -0.391. The molecule has 0 spiro atoms. The average molecular weight is 387 g/mol. The van der Waals surface area contributed by atoms with Crippen molar-refractivity contribution in [3.63, 3.8) is 0 Å². The smallest absolute Gasteiger partial charge is 0.294 e. The summed E-state index contributed by atoms with van der Waals surface area (Å²) in [6.45, 7) is 0. The zero-order valence-corrected chi connectivity index (χ0v) is 15.0. The van der Waals surface area contributed by atoms with Crippen LogP contribution < -0.4 is 5.32 Å². The van der Waals surface area contributed by atoms with E-state index >= 15 is 0 Å². The summed E-state index contributed by atoms with van der Waals surface area (Å²) in [4.78, 5) is 23.7. The van der Waals surface area contributed by atoms with E-state index in [9.17, 15) is 4.79 Å². The molecule has 3 heterocycles. The first-order chi connectivity index (χ1) is 12.5. The van der Waals surface area contributed by atoms with Crippen molar-refractivity contribution in [3.8, 4) is 11.3 Å². The molecule has 3 aromatic heterocycles. The van der Waals surface area contributed by atoms with Crippen LogP contribution in [0.2, 0.25) is 10.0 Å². The quantitative estimate of drug-likeness (QED) is 0.558. The number of anilines is 1. The van der Waals surface area contributed by atoms with Crippen molar-refractivity contribution >= 4 is 45.8 Å². The van der Waals surface area contributed by atoms with Gasteiger partial charge in [-0.2, -0.15) is 5.10 Å². The van der Waals surface area contributed by atoms with Crippen molar-refractivity contribution in [2.75, 3.05) is 5.32 Å². The van der Waals surface area contributed by atoms with Gasteiger partial charge in [0.05, 0.1) is 15.6 Å². The van der Waals surface area contributed by atoms with Crippen molar-refractivity contribution in [1.29, 1.82) is 0 Å². The van der Waals surface area contributed by atoms with Crippen LogP contribution in [0, 0.1) is 0 Å². The van der Waals surface area contributed by atoms with E-state index in [-0.39, 0.29) is 5.82 Å². The summed E-state index contributed by atoms with van der Waals surface area (Å²) in [7, 11) is 1.64. The molecule has 0 bridgehead atoms. The predicted octanol–water partition coefficient (Wildman–Crippen LogP) is 3.92. The Kier molecular flexibility index (Phi) is 4.10. The van der Waals surface area contributed by atoms with Crippen LogP contribution in [0.3, 0.4) is 0 Å². The van der Waals surface area contributed by atoms with Gasteiger partial charge in [-0.15, -0.1) is 0 Å². The van der Waals surface area contributed by atoms with E-state index in [0.717, 1.165) is 22.2 Å². The van der Waals surface area contributed by atoms with Crippen LogP contribution >= 0.6 is 23.2 Å². The number of aryl methyl sites for hydroxylation is 1. The number of rotatable bonds is 3. The minimum Gasteiger partial charge on any atom is -0.354 e. The summed E-state index contributed by atoms with van der Waals surface area (Å²) >= 11 is 12.5. The number of amides is 1. The van der Waals surface area contributed by atoms with Crippen molar-refractivity contribution < 1.29 is 4.79 Å². The average Bonchev–Trinajstić information content (AvgIpc) is 3.20. The Balaban J connectivity index is 1.68. The lowest BCUT2D eigenvalue weighted by atomic mass is 10.1. The number of pyridine rings is 1. The Bertz CT molecular complexity index is 1110. The van der Waals surface area contributed by atoms with Gasteiger partial charge in [0.25, 0.3) is 5.91 Å². The number of aromatic amines is 1. The van der Waals surface area contributed by atoms with Gasteiger partial charge < -0.3 is 10.3 Å². The highest BCUT2D eigenvalue weighted by molar-refractivity contribution is 6.39. The first kappa shape index (κ1) is 16.6. The summed E-state index contributed by atoms with van der Waals surface area (Å²) in [6.07, 6.45) is 2.97. The van der Waals surface area contributed by atoms with E-state index in [1.165, 1.54) is 11.0 Å². The molecule has 0 saturated heterocycles. The Hall–Kier alpha value is -2.90. The van der Waals surface area contributed by atoms with Crippen molar-refractivity contribution in [3.05, 3.63) is 58.7 Å². The van der Waals surface area contributed by atoms with Crippen LogP contribution in [-0.4, -0.2) is 30.6 Å². The van der Waals surface area contributed by atoms with Crippen LogP contribution in [0.5, 0.6) is 0 Å². The maximum absolute atomic E-state index is 12.2. The molecule has 0 unspecified atom stereocenters. The second-order valence-electron chi connectivity index (χ2n) is 5.60. The van der Waals surface area contributed by atoms with Gasteiger partial charge in [-0.1, -0.05) is 29.3 Å². The molecule has 0 saturated carbocycles. The number of hydrogen-bond donors (Lipinski definition) is 2. The molecule has 0 radical (unpaired) electrons. The van der Waals surface area contributed by atoms with E-state index in [1.54, 1.807) is 37.5 Å². The third kappa shape index (κ3) is 2.91. The first-order valence-corrected chi connectivity index (χ1v) is 8.37. The lowest BCUT2D eigenvalue weighted by Gasteiger charge is -2.04. The topological polar surface area (TPSA) is 88.5 Å². The molecule has 9 heteroatoms. The van der Waals surface area contributed by atoms with Gasteiger partial charge in [0, 0.05) is 36.0 Å². The van der Waals surface area contributed by atoms with E-state index < -0.39 is 5.91 Å². The Morgan fingerprint density at radius 2 is 1.96 bits per heavy atom. The van der Waals surface area contributed by atoms with Crippen LogP contribution in [0.4, 0.5) is 5.82 Å². The standard InChI is InChI=1S/C17H12Cl2N6O/c1-25-16(21-8-22-25)17(26)24-14-6-12-9(7-20-14)5-13(23-12)15-10(18)3-2-4-11(15)19/h2-8,23H,1H3,(H,20,24,26). The fourth-order valence-electron chi connectivity index (χ4n) is 2.66. The SMILES string of the molecule is Cn1ncnc1C(=O)Nc1cc2[nH]c(-c3c(Cl)cccc3Cl)cc2cn1. The van der Waals surface area contributed by atoms with E-state index in [4.69, 9.17) is 23.2 Å². The van der Waals surface area contributed by atoms with E-state index in [0.29, 0.717) is 15.9 Å². The van der Waals surface area contributed by atoms with Gasteiger partial charge in [-0.3, -0.25) is 4.79 Å². The van der Waals surface area contributed by atoms with Gasteiger partial charge in [-0.05, 0) is 18.2 Å². The molecule has 26 heavy (non-hydrogen) atoms. The number of benzene rings is 1. The number of carbonyl (C=O) groups is 1. The number of nitrogens with one attached hydrogen (secondary N) is 2. The third-order valence-electron chi connectivity index (χ3n) is 3.89. The lowest BCUT2D eigenvalue weighted by molar-refractivity contribution is 0.101. The molecule has 0 aliphatic carbocycles. The van der Waals surface area contributed by atoms with Crippen molar-refractivity contribution in [1.82, 2.24) is 24.7 Å². The molecule has 7 nitrogen and oxygen atoms in total. The first-order valence-electron chi connectivity index (χ1n) is 7.61. The molecule has 130 valence electrons. The Labute approximate surface area is 158 Å². The zero-order valence-electron chi connectivity index (χ0n) is 13.5. The highest BCUT2D eigenvalue weighted by atomic mass is 35.5. The predicted molar refractivity (Wildman–Crippen MR) is 101 cm³/mol. The summed E-state index contributed by atoms with van der Waals surface area (Å²) in [5.74, 6) is 0.198. The Morgan fingerprint density at radius 3 is 2.65 bits per heavy atom. The summed E-state index contributed by atoms with van der Waals surface area (Å²) < 4.78 is 1.39. The van der Waals surface area contributed by atoms with Gasteiger partial charge >= 0.3 is 0 Å². The molecule has 4 rings (SSSR count). The number of halogens is 2.